The van der Waals surface area contributed by atoms with Gasteiger partial charge in [-0.1, -0.05) is 23.7 Å². The second-order valence-corrected chi connectivity index (χ2v) is 6.92. The van der Waals surface area contributed by atoms with Gasteiger partial charge >= 0.3 is 0 Å². The van der Waals surface area contributed by atoms with Gasteiger partial charge in [-0.3, -0.25) is 4.90 Å². The lowest BCUT2D eigenvalue weighted by Gasteiger charge is -2.16. The van der Waals surface area contributed by atoms with Crippen LogP contribution in [0.5, 0.6) is 0 Å². The predicted octanol–water partition coefficient (Wildman–Crippen LogP) is 3.16. The van der Waals surface area contributed by atoms with Gasteiger partial charge < -0.3 is 10.2 Å². The van der Waals surface area contributed by atoms with E-state index in [-0.39, 0.29) is 0 Å². The van der Waals surface area contributed by atoms with Crippen molar-refractivity contribution in [2.75, 3.05) is 13.1 Å². The Morgan fingerprint density at radius 1 is 1.32 bits per heavy atom. The van der Waals surface area contributed by atoms with E-state index in [9.17, 15) is 0 Å². The molecule has 1 saturated heterocycles. The van der Waals surface area contributed by atoms with Crippen LogP contribution in [-0.2, 0) is 6.54 Å². The van der Waals surface area contributed by atoms with Gasteiger partial charge in [0.2, 0.25) is 5.89 Å². The van der Waals surface area contributed by atoms with E-state index in [1.807, 2.05) is 24.3 Å². The number of hydrogen-bond donors (Lipinski definition) is 1. The van der Waals surface area contributed by atoms with Crippen molar-refractivity contribution in [2.24, 2.45) is 17.6 Å². The number of likely N-dealkylation sites (tertiary alicyclic amines) is 1. The van der Waals surface area contributed by atoms with E-state index in [1.165, 1.54) is 12.8 Å². The maximum atomic E-state index is 6.19. The second-order valence-electron chi connectivity index (χ2n) is 6.49. The van der Waals surface area contributed by atoms with Crippen LogP contribution in [0.4, 0.5) is 0 Å². The van der Waals surface area contributed by atoms with Crippen LogP contribution in [0.15, 0.2) is 34.9 Å². The van der Waals surface area contributed by atoms with E-state index >= 15 is 0 Å². The summed E-state index contributed by atoms with van der Waals surface area (Å²) in [7, 11) is 0. The van der Waals surface area contributed by atoms with Gasteiger partial charge in [0.15, 0.2) is 5.76 Å². The first-order chi connectivity index (χ1) is 10.7. The summed E-state index contributed by atoms with van der Waals surface area (Å²) in [5, 5.41) is 0.705. The van der Waals surface area contributed by atoms with Crippen LogP contribution in [0.3, 0.4) is 0 Å². The molecule has 1 aromatic heterocycles. The third-order valence-electron chi connectivity index (χ3n) is 5.01. The number of benzene rings is 1. The van der Waals surface area contributed by atoms with E-state index in [2.05, 4.69) is 9.88 Å². The van der Waals surface area contributed by atoms with Crippen LogP contribution in [0, 0.1) is 11.8 Å². The standard InChI is InChI=1S/C17H20ClN3O/c18-13-3-1-2-11(6-13)16-7-20-17(22-16)10-21-8-12-4-5-15(19)14(12)9-21/h1-3,6-7,12,14-15H,4-5,8-10,19H2. The molecule has 0 spiro atoms. The largest absolute Gasteiger partial charge is 0.439 e. The fraction of sp³-hybridized carbons (Fsp3) is 0.471. The molecule has 4 rings (SSSR count). The molecular weight excluding hydrogens is 298 g/mol. The zero-order valence-electron chi connectivity index (χ0n) is 12.4. The summed E-state index contributed by atoms with van der Waals surface area (Å²) in [6.07, 6.45) is 4.23. The lowest BCUT2D eigenvalue weighted by Crippen LogP contribution is -2.30. The lowest BCUT2D eigenvalue weighted by molar-refractivity contribution is 0.268. The third kappa shape index (κ3) is 2.67. The summed E-state index contributed by atoms with van der Waals surface area (Å²) in [5.41, 5.74) is 7.16. The summed E-state index contributed by atoms with van der Waals surface area (Å²) in [6, 6.07) is 8.03. The molecule has 2 fully saturated rings. The minimum atomic E-state index is 0.376. The van der Waals surface area contributed by atoms with E-state index in [0.29, 0.717) is 17.0 Å². The Hall–Kier alpha value is -1.36. The molecular formula is C17H20ClN3O. The van der Waals surface area contributed by atoms with E-state index in [0.717, 1.165) is 42.8 Å². The summed E-state index contributed by atoms with van der Waals surface area (Å²) in [5.74, 6) is 2.96. The lowest BCUT2D eigenvalue weighted by atomic mass is 9.98. The van der Waals surface area contributed by atoms with Crippen molar-refractivity contribution in [1.29, 1.82) is 0 Å². The Morgan fingerprint density at radius 3 is 3.05 bits per heavy atom. The SMILES string of the molecule is NC1CCC2CN(Cc3ncc(-c4cccc(Cl)c4)o3)CC12. The minimum Gasteiger partial charge on any atom is -0.439 e. The number of nitrogens with two attached hydrogens (primary N) is 1. The zero-order valence-corrected chi connectivity index (χ0v) is 13.2. The molecule has 1 aromatic carbocycles. The molecule has 3 unspecified atom stereocenters. The van der Waals surface area contributed by atoms with Gasteiger partial charge in [-0.2, -0.15) is 0 Å². The van der Waals surface area contributed by atoms with Crippen LogP contribution >= 0.6 is 11.6 Å². The van der Waals surface area contributed by atoms with Gasteiger partial charge in [0.05, 0.1) is 12.7 Å². The van der Waals surface area contributed by atoms with Gasteiger partial charge in [-0.15, -0.1) is 0 Å². The monoisotopic (exact) mass is 317 g/mol. The molecule has 1 aliphatic carbocycles. The normalized spacial score (nSPS) is 28.2. The molecule has 1 aliphatic heterocycles. The molecule has 22 heavy (non-hydrogen) atoms. The van der Waals surface area contributed by atoms with Gasteiger partial charge in [0.25, 0.3) is 0 Å². The Kier molecular flexibility index (Phi) is 3.68. The average Bonchev–Trinajstić information content (AvgIpc) is 3.18. The second kappa shape index (κ2) is 5.69. The van der Waals surface area contributed by atoms with Crippen molar-refractivity contribution < 1.29 is 4.42 Å². The van der Waals surface area contributed by atoms with Crippen molar-refractivity contribution in [3.05, 3.63) is 41.4 Å². The zero-order chi connectivity index (χ0) is 15.1. The molecule has 1 saturated carbocycles. The minimum absolute atomic E-state index is 0.376. The van der Waals surface area contributed by atoms with E-state index in [1.54, 1.807) is 6.20 Å². The van der Waals surface area contributed by atoms with Gasteiger partial charge in [0.1, 0.15) is 0 Å². The first-order valence-electron chi connectivity index (χ1n) is 7.87. The molecule has 4 nitrogen and oxygen atoms in total. The molecule has 5 heteroatoms. The highest BCUT2D eigenvalue weighted by molar-refractivity contribution is 6.30. The topological polar surface area (TPSA) is 55.3 Å². The van der Waals surface area contributed by atoms with Crippen LogP contribution in [0.1, 0.15) is 18.7 Å². The molecule has 2 N–H and O–H groups in total. The molecule has 2 aliphatic rings. The molecule has 2 aromatic rings. The summed E-state index contributed by atoms with van der Waals surface area (Å²) >= 11 is 6.03. The molecule has 0 bridgehead atoms. The van der Waals surface area contributed by atoms with Gasteiger partial charge in [-0.25, -0.2) is 4.98 Å². The Labute approximate surface area is 135 Å². The quantitative estimate of drug-likeness (QED) is 0.944. The highest BCUT2D eigenvalue weighted by Gasteiger charge is 2.41. The van der Waals surface area contributed by atoms with Crippen molar-refractivity contribution in [3.63, 3.8) is 0 Å². The first-order valence-corrected chi connectivity index (χ1v) is 8.25. The maximum absolute atomic E-state index is 6.19. The number of oxazole rings is 1. The number of rotatable bonds is 3. The van der Waals surface area contributed by atoms with E-state index in [4.69, 9.17) is 21.8 Å². The number of halogens is 1. The Bertz CT molecular complexity index is 671. The van der Waals surface area contributed by atoms with Gasteiger partial charge in [-0.05, 0) is 36.8 Å². The summed E-state index contributed by atoms with van der Waals surface area (Å²) in [4.78, 5) is 6.83. The Balaban J connectivity index is 1.45. The van der Waals surface area contributed by atoms with E-state index < -0.39 is 0 Å². The van der Waals surface area contributed by atoms with Crippen LogP contribution in [0.25, 0.3) is 11.3 Å². The smallest absolute Gasteiger partial charge is 0.209 e. The first kappa shape index (κ1) is 14.2. The molecule has 2 heterocycles. The summed E-state index contributed by atoms with van der Waals surface area (Å²) < 4.78 is 5.89. The molecule has 0 radical (unpaired) electrons. The molecule has 0 amide bonds. The highest BCUT2D eigenvalue weighted by Crippen LogP contribution is 2.37. The molecule has 3 atom stereocenters. The maximum Gasteiger partial charge on any atom is 0.209 e. The number of nitrogens with zero attached hydrogens (tertiary/aromatic N) is 2. The molecule has 116 valence electrons. The third-order valence-corrected chi connectivity index (χ3v) is 5.24. The highest BCUT2D eigenvalue weighted by atomic mass is 35.5. The number of hydrogen-bond acceptors (Lipinski definition) is 4. The number of aromatic nitrogens is 1. The fourth-order valence-corrected chi connectivity index (χ4v) is 4.07. The Morgan fingerprint density at radius 2 is 2.23 bits per heavy atom. The van der Waals surface area contributed by atoms with Crippen molar-refractivity contribution >= 4 is 11.6 Å². The number of fused-ring (bicyclic) bond motifs is 1. The average molecular weight is 318 g/mol. The van der Waals surface area contributed by atoms with Crippen molar-refractivity contribution in [1.82, 2.24) is 9.88 Å². The van der Waals surface area contributed by atoms with Crippen molar-refractivity contribution in [2.45, 2.75) is 25.4 Å². The van der Waals surface area contributed by atoms with Crippen molar-refractivity contribution in [3.8, 4) is 11.3 Å². The van der Waals surface area contributed by atoms with Gasteiger partial charge in [0, 0.05) is 29.7 Å². The predicted molar refractivity (Wildman–Crippen MR) is 86.4 cm³/mol. The van der Waals surface area contributed by atoms with Crippen LogP contribution < -0.4 is 5.73 Å². The fourth-order valence-electron chi connectivity index (χ4n) is 3.88. The van der Waals surface area contributed by atoms with Crippen LogP contribution in [-0.4, -0.2) is 29.0 Å². The summed E-state index contributed by atoms with van der Waals surface area (Å²) in [6.45, 7) is 2.95. The van der Waals surface area contributed by atoms with Crippen LogP contribution in [0.2, 0.25) is 5.02 Å².